The van der Waals surface area contributed by atoms with E-state index in [1.807, 2.05) is 11.0 Å². The second kappa shape index (κ2) is 9.21. The van der Waals surface area contributed by atoms with E-state index < -0.39 is 0 Å². The monoisotopic (exact) mass is 528 g/mol. The Hall–Kier alpha value is -5.15. The predicted molar refractivity (Wildman–Crippen MR) is 170 cm³/mol. The number of rotatable bonds is 3. The van der Waals surface area contributed by atoms with Gasteiger partial charge in [-0.1, -0.05) is 97.1 Å². The number of para-hydroxylation sites is 2. The lowest BCUT2D eigenvalue weighted by Gasteiger charge is -2.25. The van der Waals surface area contributed by atoms with E-state index in [1.165, 1.54) is 44.1 Å². The molecular formula is C38H28N2O. The molecule has 0 saturated heterocycles. The van der Waals surface area contributed by atoms with Crippen LogP contribution < -0.4 is 4.90 Å². The number of hydrogen-bond donors (Lipinski definition) is 0. The van der Waals surface area contributed by atoms with Crippen LogP contribution in [0, 0.1) is 0 Å². The minimum Gasteiger partial charge on any atom is -0.309 e. The number of benzene rings is 5. The number of aromatic nitrogens is 1. The maximum atomic E-state index is 12.5. The largest absolute Gasteiger partial charge is 0.309 e. The molecule has 0 N–H and O–H groups in total. The summed E-state index contributed by atoms with van der Waals surface area (Å²) in [7, 11) is 0. The van der Waals surface area contributed by atoms with Gasteiger partial charge in [0.15, 0.2) is 0 Å². The average molecular weight is 529 g/mol. The molecule has 0 radical (unpaired) electrons. The Morgan fingerprint density at radius 3 is 1.93 bits per heavy atom. The Bertz CT molecular complexity index is 2010. The first-order valence-electron chi connectivity index (χ1n) is 14.2. The van der Waals surface area contributed by atoms with E-state index in [9.17, 15) is 4.79 Å². The van der Waals surface area contributed by atoms with Gasteiger partial charge in [0, 0.05) is 35.0 Å². The molecule has 1 aliphatic heterocycles. The molecule has 1 aliphatic carbocycles. The van der Waals surface area contributed by atoms with Crippen LogP contribution in [0.1, 0.15) is 18.4 Å². The fourth-order valence-electron chi connectivity index (χ4n) is 6.79. The summed E-state index contributed by atoms with van der Waals surface area (Å²) >= 11 is 0. The maximum absolute atomic E-state index is 12.5. The van der Waals surface area contributed by atoms with Crippen LogP contribution in [0.5, 0.6) is 0 Å². The average Bonchev–Trinajstić information content (AvgIpc) is 3.54. The number of anilines is 1. The molecule has 1 amide bonds. The quantitative estimate of drug-likeness (QED) is 0.225. The van der Waals surface area contributed by atoms with Gasteiger partial charge in [-0.3, -0.25) is 4.79 Å². The summed E-state index contributed by atoms with van der Waals surface area (Å²) in [6.07, 6.45) is 8.48. The van der Waals surface area contributed by atoms with Crippen LogP contribution in [0.4, 0.5) is 5.69 Å². The molecule has 2 unspecified atom stereocenters. The lowest BCUT2D eigenvalue weighted by molar-refractivity contribution is -0.116. The van der Waals surface area contributed by atoms with Crippen molar-refractivity contribution in [3.05, 3.63) is 145 Å². The van der Waals surface area contributed by atoms with Gasteiger partial charge in [0.25, 0.3) is 0 Å². The van der Waals surface area contributed by atoms with Gasteiger partial charge in [0.2, 0.25) is 5.91 Å². The van der Waals surface area contributed by atoms with E-state index in [1.54, 1.807) is 6.92 Å². The first-order valence-corrected chi connectivity index (χ1v) is 14.2. The number of fused-ring (bicyclic) bond motifs is 6. The second-order valence-electron chi connectivity index (χ2n) is 10.9. The van der Waals surface area contributed by atoms with E-state index in [2.05, 4.69) is 138 Å². The number of hydrogen-bond acceptors (Lipinski definition) is 1. The Kier molecular flexibility index (Phi) is 5.33. The molecule has 6 aromatic rings. The summed E-state index contributed by atoms with van der Waals surface area (Å²) in [6.45, 7) is 1.66. The summed E-state index contributed by atoms with van der Waals surface area (Å²) in [4.78, 5) is 14.5. The van der Waals surface area contributed by atoms with Crippen LogP contribution >= 0.6 is 0 Å². The van der Waals surface area contributed by atoms with E-state index in [-0.39, 0.29) is 17.9 Å². The zero-order chi connectivity index (χ0) is 27.5. The first-order chi connectivity index (χ1) is 20.2. The van der Waals surface area contributed by atoms with Crippen molar-refractivity contribution in [2.24, 2.45) is 0 Å². The van der Waals surface area contributed by atoms with Crippen LogP contribution in [-0.2, 0) is 4.79 Å². The normalized spacial score (nSPS) is 17.2. The molecule has 2 aliphatic rings. The highest BCUT2D eigenvalue weighted by Crippen LogP contribution is 2.45. The smallest absolute Gasteiger partial charge is 0.224 e. The third kappa shape index (κ3) is 3.70. The standard InChI is InChI=1S/C38H28N2O/c1-25(41)39-35-17-5-4-16-33(35)34-24-29(20-21-38(34)39)27-11-8-10-26(22-27)28-12-9-13-30(23-28)40-36-18-6-2-14-31(36)32-15-3-7-19-37(32)40/h2-24,33,35H,1H3. The summed E-state index contributed by atoms with van der Waals surface area (Å²) in [6, 6.07) is 41.4. The fraction of sp³-hybridized carbons (Fsp3) is 0.0789. The molecule has 2 atom stereocenters. The molecule has 3 nitrogen and oxygen atoms in total. The first kappa shape index (κ1) is 23.7. The topological polar surface area (TPSA) is 25.2 Å². The number of allylic oxidation sites excluding steroid dienone is 2. The minimum absolute atomic E-state index is 0.0534. The molecule has 8 rings (SSSR count). The molecule has 0 fully saturated rings. The number of carbonyl (C=O) groups excluding carboxylic acids is 1. The van der Waals surface area contributed by atoms with Crippen molar-refractivity contribution in [1.82, 2.24) is 4.57 Å². The van der Waals surface area contributed by atoms with Crippen LogP contribution in [0.25, 0.3) is 49.7 Å². The van der Waals surface area contributed by atoms with Crippen LogP contribution in [0.2, 0.25) is 0 Å². The third-order valence-corrected chi connectivity index (χ3v) is 8.60. The second-order valence-corrected chi connectivity index (χ2v) is 10.9. The van der Waals surface area contributed by atoms with E-state index in [0.717, 1.165) is 16.9 Å². The lowest BCUT2D eigenvalue weighted by atomic mass is 9.89. The summed E-state index contributed by atoms with van der Waals surface area (Å²) in [5.41, 5.74) is 10.5. The zero-order valence-electron chi connectivity index (χ0n) is 22.7. The van der Waals surface area contributed by atoms with Crippen LogP contribution in [0.3, 0.4) is 0 Å². The van der Waals surface area contributed by atoms with Gasteiger partial charge in [-0.05, 0) is 70.3 Å². The van der Waals surface area contributed by atoms with Crippen LogP contribution in [0.15, 0.2) is 140 Å². The van der Waals surface area contributed by atoms with E-state index in [4.69, 9.17) is 0 Å². The van der Waals surface area contributed by atoms with Gasteiger partial charge in [0.05, 0.1) is 17.1 Å². The highest BCUT2D eigenvalue weighted by atomic mass is 16.2. The number of nitrogens with zero attached hydrogens (tertiary/aromatic N) is 2. The Labute approximate surface area is 239 Å². The zero-order valence-corrected chi connectivity index (χ0v) is 22.7. The Morgan fingerprint density at radius 1 is 0.610 bits per heavy atom. The summed E-state index contributed by atoms with van der Waals surface area (Å²) < 4.78 is 2.36. The summed E-state index contributed by atoms with van der Waals surface area (Å²) in [5, 5.41) is 2.53. The number of amides is 1. The highest BCUT2D eigenvalue weighted by molar-refractivity contribution is 6.09. The lowest BCUT2D eigenvalue weighted by Crippen LogP contribution is -2.36. The molecule has 0 spiro atoms. The van der Waals surface area contributed by atoms with Crippen LogP contribution in [-0.4, -0.2) is 16.5 Å². The van der Waals surface area contributed by atoms with Gasteiger partial charge in [0.1, 0.15) is 0 Å². The highest BCUT2D eigenvalue weighted by Gasteiger charge is 2.38. The van der Waals surface area contributed by atoms with Crippen molar-refractivity contribution in [2.75, 3.05) is 4.90 Å². The van der Waals surface area contributed by atoms with Gasteiger partial charge in [-0.25, -0.2) is 0 Å². The molecule has 196 valence electrons. The third-order valence-electron chi connectivity index (χ3n) is 8.60. The van der Waals surface area contributed by atoms with Crippen molar-refractivity contribution in [1.29, 1.82) is 0 Å². The molecule has 41 heavy (non-hydrogen) atoms. The van der Waals surface area contributed by atoms with Crippen molar-refractivity contribution < 1.29 is 4.79 Å². The predicted octanol–water partition coefficient (Wildman–Crippen LogP) is 9.06. The Morgan fingerprint density at radius 2 is 1.22 bits per heavy atom. The van der Waals surface area contributed by atoms with Gasteiger partial charge in [-0.15, -0.1) is 0 Å². The minimum atomic E-state index is 0.0534. The molecular weight excluding hydrogens is 500 g/mol. The number of carbonyl (C=O) groups is 1. The molecule has 2 heterocycles. The molecule has 0 saturated carbocycles. The molecule has 1 aromatic heterocycles. The van der Waals surface area contributed by atoms with E-state index >= 15 is 0 Å². The molecule has 3 heteroatoms. The Balaban J connectivity index is 1.21. The van der Waals surface area contributed by atoms with Crippen molar-refractivity contribution in [3.63, 3.8) is 0 Å². The fourth-order valence-corrected chi connectivity index (χ4v) is 6.79. The van der Waals surface area contributed by atoms with Crippen molar-refractivity contribution in [3.8, 4) is 27.9 Å². The molecule has 0 bridgehead atoms. The maximum Gasteiger partial charge on any atom is 0.224 e. The van der Waals surface area contributed by atoms with Gasteiger partial charge in [-0.2, -0.15) is 0 Å². The molecule has 5 aromatic carbocycles. The van der Waals surface area contributed by atoms with Crippen molar-refractivity contribution >= 4 is 33.4 Å². The van der Waals surface area contributed by atoms with Gasteiger partial charge >= 0.3 is 0 Å². The van der Waals surface area contributed by atoms with E-state index in [0.29, 0.717) is 0 Å². The SMILES string of the molecule is CC(=O)N1c2ccc(-c3cccc(-c4cccc(-n5c6ccccc6c6ccccc65)c4)c3)cc2C2C=CC=CC21. The summed E-state index contributed by atoms with van der Waals surface area (Å²) in [5.74, 6) is 0.265. The van der Waals surface area contributed by atoms with Crippen molar-refractivity contribution in [2.45, 2.75) is 18.9 Å². The van der Waals surface area contributed by atoms with Gasteiger partial charge < -0.3 is 9.47 Å².